The fourth-order valence-electron chi connectivity index (χ4n) is 1.55. The molecule has 0 bridgehead atoms. The van der Waals surface area contributed by atoms with Gasteiger partial charge in [0.15, 0.2) is 0 Å². The summed E-state index contributed by atoms with van der Waals surface area (Å²) in [5.74, 6) is 0.884. The Kier molecular flexibility index (Phi) is 3.78. The largest absolute Gasteiger partial charge is 0.496 e. The number of hydrogen-bond donors (Lipinski definition) is 1. The predicted octanol–water partition coefficient (Wildman–Crippen LogP) is 2.93. The van der Waals surface area contributed by atoms with Gasteiger partial charge in [0.05, 0.1) is 13.2 Å². The first-order valence-corrected chi connectivity index (χ1v) is 5.28. The molecule has 0 spiro atoms. The number of methoxy groups -OCH3 is 1. The zero-order chi connectivity index (χ0) is 12.2. The zero-order valence-corrected chi connectivity index (χ0v) is 10.3. The Morgan fingerprint density at radius 2 is 2.06 bits per heavy atom. The third kappa shape index (κ3) is 2.90. The second-order valence-corrected chi connectivity index (χ2v) is 4.68. The van der Waals surface area contributed by atoms with E-state index in [-0.39, 0.29) is 5.41 Å². The second kappa shape index (κ2) is 4.89. The van der Waals surface area contributed by atoms with Crippen molar-refractivity contribution in [2.45, 2.75) is 26.2 Å². The lowest BCUT2D eigenvalue weighted by atomic mass is 9.86. The lowest BCUT2D eigenvalue weighted by Gasteiger charge is -2.23. The van der Waals surface area contributed by atoms with Gasteiger partial charge in [0.2, 0.25) is 0 Å². The van der Waals surface area contributed by atoms with Gasteiger partial charge in [-0.05, 0) is 23.6 Å². The van der Waals surface area contributed by atoms with Crippen LogP contribution in [0.1, 0.15) is 26.3 Å². The molecule has 0 saturated carbocycles. The van der Waals surface area contributed by atoms with Gasteiger partial charge in [-0.15, -0.1) is 0 Å². The predicted molar refractivity (Wildman–Crippen MR) is 65.8 cm³/mol. The summed E-state index contributed by atoms with van der Waals surface area (Å²) in [6.07, 6.45) is 0. The molecule has 0 atom stereocenters. The third-order valence-corrected chi connectivity index (χ3v) is 2.38. The summed E-state index contributed by atoms with van der Waals surface area (Å²) in [5, 5.41) is 11.6. The summed E-state index contributed by atoms with van der Waals surface area (Å²) in [6.45, 7) is 6.73. The highest BCUT2D eigenvalue weighted by molar-refractivity contribution is 5.53. The lowest BCUT2D eigenvalue weighted by Crippen LogP contribution is -2.13. The summed E-state index contributed by atoms with van der Waals surface area (Å²) in [4.78, 5) is 0. The Morgan fingerprint density at radius 3 is 2.56 bits per heavy atom. The number of anilines is 1. The van der Waals surface area contributed by atoms with Gasteiger partial charge < -0.3 is 10.1 Å². The molecule has 0 amide bonds. The Labute approximate surface area is 97.0 Å². The number of nitriles is 1. The van der Waals surface area contributed by atoms with E-state index >= 15 is 0 Å². The molecule has 1 aromatic rings. The first-order valence-electron chi connectivity index (χ1n) is 5.28. The summed E-state index contributed by atoms with van der Waals surface area (Å²) >= 11 is 0. The molecular weight excluding hydrogens is 200 g/mol. The van der Waals surface area contributed by atoms with Gasteiger partial charge in [0.25, 0.3) is 0 Å². The van der Waals surface area contributed by atoms with Crippen molar-refractivity contribution in [3.05, 3.63) is 23.8 Å². The van der Waals surface area contributed by atoms with E-state index in [4.69, 9.17) is 10.00 Å². The van der Waals surface area contributed by atoms with E-state index in [1.807, 2.05) is 18.2 Å². The van der Waals surface area contributed by atoms with E-state index in [0.717, 1.165) is 17.0 Å². The molecule has 1 N–H and O–H groups in total. The first kappa shape index (κ1) is 12.4. The number of rotatable bonds is 3. The van der Waals surface area contributed by atoms with Crippen LogP contribution < -0.4 is 10.1 Å². The van der Waals surface area contributed by atoms with Crippen molar-refractivity contribution in [3.63, 3.8) is 0 Å². The monoisotopic (exact) mass is 218 g/mol. The van der Waals surface area contributed by atoms with Crippen LogP contribution in [0, 0.1) is 11.3 Å². The lowest BCUT2D eigenvalue weighted by molar-refractivity contribution is 0.397. The molecule has 0 aromatic heterocycles. The molecule has 1 rings (SSSR count). The molecule has 3 nitrogen and oxygen atoms in total. The zero-order valence-electron chi connectivity index (χ0n) is 10.3. The normalized spacial score (nSPS) is 10.7. The van der Waals surface area contributed by atoms with Crippen LogP contribution in [0.15, 0.2) is 18.2 Å². The first-order chi connectivity index (χ1) is 7.49. The van der Waals surface area contributed by atoms with Crippen molar-refractivity contribution in [3.8, 4) is 11.8 Å². The van der Waals surface area contributed by atoms with Gasteiger partial charge in [-0.25, -0.2) is 0 Å². The number of benzene rings is 1. The van der Waals surface area contributed by atoms with Crippen LogP contribution in [0.2, 0.25) is 0 Å². The summed E-state index contributed by atoms with van der Waals surface area (Å²) in [6, 6.07) is 7.95. The van der Waals surface area contributed by atoms with Crippen LogP contribution in [-0.2, 0) is 5.41 Å². The molecular formula is C13H18N2O. The quantitative estimate of drug-likeness (QED) is 0.793. The van der Waals surface area contributed by atoms with Crippen LogP contribution in [-0.4, -0.2) is 13.7 Å². The smallest absolute Gasteiger partial charge is 0.122 e. The van der Waals surface area contributed by atoms with Crippen LogP contribution in [0.5, 0.6) is 5.75 Å². The van der Waals surface area contributed by atoms with E-state index in [2.05, 4.69) is 32.2 Å². The Morgan fingerprint density at radius 1 is 1.38 bits per heavy atom. The molecule has 16 heavy (non-hydrogen) atoms. The van der Waals surface area contributed by atoms with E-state index in [9.17, 15) is 0 Å². The second-order valence-electron chi connectivity index (χ2n) is 4.68. The van der Waals surface area contributed by atoms with Gasteiger partial charge in [0, 0.05) is 11.3 Å². The molecule has 3 heteroatoms. The van der Waals surface area contributed by atoms with E-state index in [1.165, 1.54) is 0 Å². The summed E-state index contributed by atoms with van der Waals surface area (Å²) in [7, 11) is 1.67. The van der Waals surface area contributed by atoms with Crippen molar-refractivity contribution in [2.24, 2.45) is 0 Å². The molecule has 0 radical (unpaired) electrons. The Bertz CT molecular complexity index is 399. The highest BCUT2D eigenvalue weighted by Crippen LogP contribution is 2.33. The highest BCUT2D eigenvalue weighted by Gasteiger charge is 2.19. The summed E-state index contributed by atoms with van der Waals surface area (Å²) in [5.41, 5.74) is 2.11. The van der Waals surface area contributed by atoms with Crippen molar-refractivity contribution in [1.29, 1.82) is 5.26 Å². The van der Waals surface area contributed by atoms with Gasteiger partial charge in [0.1, 0.15) is 12.3 Å². The number of nitrogens with one attached hydrogen (secondary N) is 1. The maximum Gasteiger partial charge on any atom is 0.122 e. The van der Waals surface area contributed by atoms with Gasteiger partial charge in [-0.1, -0.05) is 20.8 Å². The minimum Gasteiger partial charge on any atom is -0.496 e. The van der Waals surface area contributed by atoms with E-state index in [0.29, 0.717) is 6.54 Å². The minimum absolute atomic E-state index is 0.0235. The SMILES string of the molecule is COc1ccc(NCC#N)cc1C(C)(C)C. The fourth-order valence-corrected chi connectivity index (χ4v) is 1.55. The molecule has 1 aromatic carbocycles. The minimum atomic E-state index is 0.0235. The third-order valence-electron chi connectivity index (χ3n) is 2.38. The average Bonchev–Trinajstić information content (AvgIpc) is 2.24. The number of nitrogens with zero attached hydrogens (tertiary/aromatic N) is 1. The summed E-state index contributed by atoms with van der Waals surface area (Å²) < 4.78 is 5.34. The van der Waals surface area contributed by atoms with Crippen LogP contribution >= 0.6 is 0 Å². The van der Waals surface area contributed by atoms with E-state index in [1.54, 1.807) is 7.11 Å². The fraction of sp³-hybridized carbons (Fsp3) is 0.462. The maximum atomic E-state index is 8.52. The van der Waals surface area contributed by atoms with Crippen LogP contribution in [0.4, 0.5) is 5.69 Å². The molecule has 0 fully saturated rings. The topological polar surface area (TPSA) is 45.0 Å². The molecule has 0 aliphatic carbocycles. The molecule has 0 aliphatic rings. The standard InChI is InChI=1S/C13H18N2O/c1-13(2,3)11-9-10(15-8-7-14)5-6-12(11)16-4/h5-6,9,15H,8H2,1-4H3. The average molecular weight is 218 g/mol. The maximum absolute atomic E-state index is 8.52. The van der Waals surface area contributed by atoms with Gasteiger partial charge in [-0.3, -0.25) is 0 Å². The number of ether oxygens (including phenoxy) is 1. The number of hydrogen-bond acceptors (Lipinski definition) is 3. The molecule has 0 aliphatic heterocycles. The van der Waals surface area contributed by atoms with Gasteiger partial charge in [-0.2, -0.15) is 5.26 Å². The van der Waals surface area contributed by atoms with E-state index < -0.39 is 0 Å². The molecule has 0 unspecified atom stereocenters. The molecule has 0 heterocycles. The van der Waals surface area contributed by atoms with Crippen LogP contribution in [0.3, 0.4) is 0 Å². The Hall–Kier alpha value is -1.69. The van der Waals surface area contributed by atoms with Crippen molar-refractivity contribution in [2.75, 3.05) is 19.0 Å². The molecule has 86 valence electrons. The van der Waals surface area contributed by atoms with Crippen molar-refractivity contribution < 1.29 is 4.74 Å². The van der Waals surface area contributed by atoms with Crippen molar-refractivity contribution in [1.82, 2.24) is 0 Å². The van der Waals surface area contributed by atoms with Crippen molar-refractivity contribution >= 4 is 5.69 Å². The highest BCUT2D eigenvalue weighted by atomic mass is 16.5. The Balaban J connectivity index is 3.08. The van der Waals surface area contributed by atoms with Crippen LogP contribution in [0.25, 0.3) is 0 Å². The molecule has 0 saturated heterocycles. The van der Waals surface area contributed by atoms with Gasteiger partial charge >= 0.3 is 0 Å².